The van der Waals surface area contributed by atoms with Crippen molar-refractivity contribution in [2.24, 2.45) is 5.73 Å². The van der Waals surface area contributed by atoms with Gasteiger partial charge in [0.1, 0.15) is 24.1 Å². The number of aromatic nitrogens is 5. The van der Waals surface area contributed by atoms with E-state index in [-0.39, 0.29) is 27.9 Å². The van der Waals surface area contributed by atoms with Gasteiger partial charge in [0.25, 0.3) is 11.8 Å². The number of halogens is 5. The minimum absolute atomic E-state index is 0.0785. The number of hydrogen-bond donors (Lipinski definition) is 2. The number of hydrogen-bond acceptors (Lipinski definition) is 7. The molecular formula is C18H14ClF4N7O3. The molecule has 0 aliphatic heterocycles. The summed E-state index contributed by atoms with van der Waals surface area (Å²) in [5, 5.41) is 6.33. The highest BCUT2D eigenvalue weighted by molar-refractivity contribution is 6.31. The summed E-state index contributed by atoms with van der Waals surface area (Å²) in [6, 6.07) is 3.26. The van der Waals surface area contributed by atoms with E-state index >= 15 is 0 Å². The van der Waals surface area contributed by atoms with Crippen LogP contribution in [0.4, 0.5) is 17.6 Å². The van der Waals surface area contributed by atoms with E-state index in [9.17, 15) is 27.2 Å². The summed E-state index contributed by atoms with van der Waals surface area (Å²) in [7, 11) is 0. The quantitative estimate of drug-likeness (QED) is 0.465. The lowest BCUT2D eigenvalue weighted by Crippen LogP contribution is -2.33. The molecule has 0 bridgehead atoms. The van der Waals surface area contributed by atoms with E-state index in [1.165, 1.54) is 24.0 Å². The van der Waals surface area contributed by atoms with Gasteiger partial charge in [-0.3, -0.25) is 9.59 Å². The van der Waals surface area contributed by atoms with Crippen LogP contribution in [0.25, 0.3) is 5.82 Å². The van der Waals surface area contributed by atoms with Crippen molar-refractivity contribution in [2.45, 2.75) is 25.5 Å². The smallest absolute Gasteiger partial charge is 0.428 e. The van der Waals surface area contributed by atoms with Crippen LogP contribution in [0.15, 0.2) is 36.9 Å². The predicted octanol–water partition coefficient (Wildman–Crippen LogP) is 2.54. The van der Waals surface area contributed by atoms with Crippen molar-refractivity contribution in [3.05, 3.63) is 59.0 Å². The zero-order chi connectivity index (χ0) is 24.3. The number of ether oxygens (including phenoxy) is 1. The van der Waals surface area contributed by atoms with Gasteiger partial charge < -0.3 is 15.8 Å². The highest BCUT2D eigenvalue weighted by Crippen LogP contribution is 2.30. The van der Waals surface area contributed by atoms with E-state index in [4.69, 9.17) is 17.3 Å². The minimum atomic E-state index is -4.77. The fourth-order valence-corrected chi connectivity index (χ4v) is 2.84. The molecule has 2 aromatic heterocycles. The standard InChI is InChI=1S/C18H14ClF4N7O3/c1-8(15-27-7-28-30(15)13-5-12(14(24)31)25-6-26-13)29-16(32)9-2-10(19)4-11(3-9)33-18(22,23)17(20)21/h2-8,17H,1H3,(H2,24,31)(H,29,32). The average molecular weight is 488 g/mol. The van der Waals surface area contributed by atoms with Crippen LogP contribution in [0.3, 0.4) is 0 Å². The summed E-state index contributed by atoms with van der Waals surface area (Å²) in [6.07, 6.45) is -6.60. The van der Waals surface area contributed by atoms with Crippen molar-refractivity contribution in [1.29, 1.82) is 0 Å². The highest BCUT2D eigenvalue weighted by atomic mass is 35.5. The maximum absolute atomic E-state index is 13.2. The first-order valence-electron chi connectivity index (χ1n) is 8.96. The van der Waals surface area contributed by atoms with Crippen molar-refractivity contribution in [1.82, 2.24) is 30.0 Å². The van der Waals surface area contributed by atoms with Gasteiger partial charge in [0, 0.05) is 16.7 Å². The van der Waals surface area contributed by atoms with Gasteiger partial charge in [-0.1, -0.05) is 11.6 Å². The van der Waals surface area contributed by atoms with E-state index in [2.05, 4.69) is 30.1 Å². The second-order valence-corrected chi connectivity index (χ2v) is 6.93. The zero-order valence-electron chi connectivity index (χ0n) is 16.5. The normalized spacial score (nSPS) is 12.5. The molecule has 0 aliphatic carbocycles. The number of alkyl halides is 4. The molecule has 0 spiro atoms. The van der Waals surface area contributed by atoms with Crippen molar-refractivity contribution >= 4 is 23.4 Å². The molecule has 1 unspecified atom stereocenters. The van der Waals surface area contributed by atoms with E-state index in [0.717, 1.165) is 24.5 Å². The number of primary amides is 1. The molecule has 2 heterocycles. The van der Waals surface area contributed by atoms with Gasteiger partial charge in [-0.2, -0.15) is 27.3 Å². The molecule has 3 aromatic rings. The summed E-state index contributed by atoms with van der Waals surface area (Å²) in [4.78, 5) is 35.7. The number of nitrogens with one attached hydrogen (secondary N) is 1. The number of nitrogens with zero attached hydrogens (tertiary/aromatic N) is 5. The Balaban J connectivity index is 1.82. The Morgan fingerprint density at radius 3 is 2.55 bits per heavy atom. The van der Waals surface area contributed by atoms with E-state index in [1.807, 2.05) is 0 Å². The van der Waals surface area contributed by atoms with Crippen LogP contribution in [-0.2, 0) is 0 Å². The molecular weight excluding hydrogens is 474 g/mol. The summed E-state index contributed by atoms with van der Waals surface area (Å²) in [5.74, 6) is -2.00. The first-order chi connectivity index (χ1) is 15.5. The topological polar surface area (TPSA) is 138 Å². The third-order valence-corrected chi connectivity index (χ3v) is 4.29. The molecule has 174 valence electrons. The maximum atomic E-state index is 13.2. The SMILES string of the molecule is CC(NC(=O)c1cc(Cl)cc(OC(F)(F)C(F)F)c1)c1ncnn1-c1cc(C(N)=O)ncn1. The minimum Gasteiger partial charge on any atom is -0.428 e. The second kappa shape index (κ2) is 9.36. The van der Waals surface area contributed by atoms with E-state index < -0.39 is 36.1 Å². The van der Waals surface area contributed by atoms with E-state index in [1.54, 1.807) is 0 Å². The van der Waals surface area contributed by atoms with Gasteiger partial charge in [0.05, 0.1) is 6.04 Å². The van der Waals surface area contributed by atoms with Crippen molar-refractivity contribution in [3.8, 4) is 11.6 Å². The fraction of sp³-hybridized carbons (Fsp3) is 0.222. The van der Waals surface area contributed by atoms with Gasteiger partial charge in [0.15, 0.2) is 11.6 Å². The fourth-order valence-electron chi connectivity index (χ4n) is 2.62. The lowest BCUT2D eigenvalue weighted by molar-refractivity contribution is -0.253. The molecule has 0 aliphatic rings. The summed E-state index contributed by atoms with van der Waals surface area (Å²) >= 11 is 5.81. The third kappa shape index (κ3) is 5.52. The van der Waals surface area contributed by atoms with Crippen LogP contribution in [0.1, 0.15) is 39.6 Å². The molecule has 33 heavy (non-hydrogen) atoms. The molecule has 0 saturated carbocycles. The Morgan fingerprint density at radius 1 is 1.15 bits per heavy atom. The van der Waals surface area contributed by atoms with Crippen molar-refractivity contribution in [3.63, 3.8) is 0 Å². The summed E-state index contributed by atoms with van der Waals surface area (Å²) in [6.45, 7) is 1.53. The van der Waals surface area contributed by atoms with Crippen LogP contribution in [0.5, 0.6) is 5.75 Å². The highest BCUT2D eigenvalue weighted by Gasteiger charge is 2.44. The molecule has 15 heteroatoms. The van der Waals surface area contributed by atoms with Crippen LogP contribution < -0.4 is 15.8 Å². The monoisotopic (exact) mass is 487 g/mol. The van der Waals surface area contributed by atoms with Gasteiger partial charge in [-0.05, 0) is 25.1 Å². The maximum Gasteiger partial charge on any atom is 0.461 e. The molecule has 0 radical (unpaired) electrons. The van der Waals surface area contributed by atoms with Crippen LogP contribution in [0, 0.1) is 0 Å². The summed E-state index contributed by atoms with van der Waals surface area (Å²) in [5.41, 5.74) is 4.89. The van der Waals surface area contributed by atoms with Crippen LogP contribution >= 0.6 is 11.6 Å². The Hall–Kier alpha value is -3.81. The molecule has 10 nitrogen and oxygen atoms in total. The van der Waals surface area contributed by atoms with Crippen LogP contribution in [-0.4, -0.2) is 49.1 Å². The summed E-state index contributed by atoms with van der Waals surface area (Å²) < 4.78 is 56.4. The van der Waals surface area contributed by atoms with E-state index in [0.29, 0.717) is 0 Å². The Morgan fingerprint density at radius 2 is 1.88 bits per heavy atom. The van der Waals surface area contributed by atoms with Gasteiger partial charge in [0.2, 0.25) is 0 Å². The number of rotatable bonds is 8. The van der Waals surface area contributed by atoms with Crippen molar-refractivity contribution in [2.75, 3.05) is 0 Å². The number of carbonyl (C=O) groups is 2. The largest absolute Gasteiger partial charge is 0.461 e. The number of amides is 2. The molecule has 1 atom stereocenters. The van der Waals surface area contributed by atoms with Crippen molar-refractivity contribution < 1.29 is 31.9 Å². The zero-order valence-corrected chi connectivity index (χ0v) is 17.3. The molecule has 0 saturated heterocycles. The predicted molar refractivity (Wildman–Crippen MR) is 104 cm³/mol. The molecule has 1 aromatic carbocycles. The first-order valence-corrected chi connectivity index (χ1v) is 9.34. The number of nitrogens with two attached hydrogens (primary N) is 1. The van der Waals surface area contributed by atoms with Gasteiger partial charge in [-0.15, -0.1) is 0 Å². The van der Waals surface area contributed by atoms with Crippen LogP contribution in [0.2, 0.25) is 5.02 Å². The average Bonchev–Trinajstić information content (AvgIpc) is 3.23. The first kappa shape index (κ1) is 23.8. The molecule has 2 amide bonds. The molecule has 3 N–H and O–H groups in total. The lowest BCUT2D eigenvalue weighted by Gasteiger charge is -2.18. The number of carbonyl (C=O) groups excluding carboxylic acids is 2. The number of benzene rings is 1. The van der Waals surface area contributed by atoms with Gasteiger partial charge >= 0.3 is 12.5 Å². The Kier molecular flexibility index (Phi) is 6.76. The van der Waals surface area contributed by atoms with Gasteiger partial charge in [-0.25, -0.2) is 15.0 Å². The third-order valence-electron chi connectivity index (χ3n) is 4.07. The lowest BCUT2D eigenvalue weighted by atomic mass is 10.2. The Labute approximate surface area is 187 Å². The second-order valence-electron chi connectivity index (χ2n) is 6.49. The molecule has 3 rings (SSSR count). The molecule has 0 fully saturated rings. The Bertz CT molecular complexity index is 1190.